The predicted octanol–water partition coefficient (Wildman–Crippen LogP) is 0.918. The van der Waals surface area contributed by atoms with Crippen molar-refractivity contribution < 1.29 is 24.2 Å². The van der Waals surface area contributed by atoms with Crippen LogP contribution in [0, 0.1) is 5.82 Å². The number of nitrogens with zero attached hydrogens (tertiary/aromatic N) is 2. The first kappa shape index (κ1) is 21.1. The number of rotatable bonds is 7. The van der Waals surface area contributed by atoms with Crippen molar-refractivity contribution in [2.75, 3.05) is 18.5 Å². The van der Waals surface area contributed by atoms with Crippen LogP contribution < -0.4 is 16.3 Å². The van der Waals surface area contributed by atoms with Gasteiger partial charge in [-0.3, -0.25) is 9.63 Å². The first-order valence-corrected chi connectivity index (χ1v) is 8.86. The van der Waals surface area contributed by atoms with Crippen LogP contribution in [0.4, 0.5) is 15.8 Å². The van der Waals surface area contributed by atoms with Gasteiger partial charge in [0, 0.05) is 7.05 Å². The Labute approximate surface area is 171 Å². The Morgan fingerprint density at radius 2 is 2.21 bits per heavy atom. The van der Waals surface area contributed by atoms with Crippen LogP contribution >= 0.6 is 11.6 Å². The first-order valence-electron chi connectivity index (χ1n) is 8.48. The molecule has 11 heteroatoms. The van der Waals surface area contributed by atoms with Crippen LogP contribution in [-0.2, 0) is 11.9 Å². The van der Waals surface area contributed by atoms with Gasteiger partial charge in [0.25, 0.3) is 5.91 Å². The summed E-state index contributed by atoms with van der Waals surface area (Å²) in [5, 5.41) is 21.1. The van der Waals surface area contributed by atoms with Crippen LogP contribution in [-0.4, -0.2) is 52.8 Å². The number of imidazole rings is 1. The number of hydrogen-bond acceptors (Lipinski definition) is 6. The Hall–Kier alpha value is -2.66. The number of hydroxylamine groups is 1. The van der Waals surface area contributed by atoms with Crippen molar-refractivity contribution in [1.29, 1.82) is 0 Å². The minimum absolute atomic E-state index is 0.0646. The maximum absolute atomic E-state index is 15.2. The SMILES string of the molecule is [B]c1ccc(Nc2c(C(=O)NOCC(O)CO)cc3c(ncn3C)c2F)c(Cl)c1. The van der Waals surface area contributed by atoms with Gasteiger partial charge in [-0.25, -0.2) is 14.9 Å². The number of anilines is 2. The zero-order valence-corrected chi connectivity index (χ0v) is 16.1. The third-order valence-corrected chi connectivity index (χ3v) is 4.42. The van der Waals surface area contributed by atoms with Crippen LogP contribution in [0.15, 0.2) is 30.6 Å². The van der Waals surface area contributed by atoms with E-state index < -0.39 is 24.4 Å². The molecule has 150 valence electrons. The van der Waals surface area contributed by atoms with Crippen LogP contribution in [0.2, 0.25) is 5.02 Å². The smallest absolute Gasteiger partial charge is 0.277 e. The Bertz CT molecular complexity index is 1060. The quantitative estimate of drug-likeness (QED) is 0.336. The lowest BCUT2D eigenvalue weighted by Gasteiger charge is -2.16. The van der Waals surface area contributed by atoms with Crippen molar-refractivity contribution in [2.24, 2.45) is 7.05 Å². The molecule has 1 unspecified atom stereocenters. The van der Waals surface area contributed by atoms with Gasteiger partial charge >= 0.3 is 0 Å². The molecule has 0 aliphatic heterocycles. The highest BCUT2D eigenvalue weighted by atomic mass is 35.5. The molecule has 29 heavy (non-hydrogen) atoms. The van der Waals surface area contributed by atoms with E-state index in [1.54, 1.807) is 23.7 Å². The summed E-state index contributed by atoms with van der Waals surface area (Å²) < 4.78 is 16.8. The topological polar surface area (TPSA) is 109 Å². The Morgan fingerprint density at radius 1 is 1.45 bits per heavy atom. The van der Waals surface area contributed by atoms with Gasteiger partial charge in [0.15, 0.2) is 5.82 Å². The summed E-state index contributed by atoms with van der Waals surface area (Å²) in [7, 11) is 7.34. The molecule has 0 aliphatic rings. The van der Waals surface area contributed by atoms with Crippen LogP contribution in [0.25, 0.3) is 11.0 Å². The number of carbonyl (C=O) groups is 1. The van der Waals surface area contributed by atoms with Gasteiger partial charge in [0.2, 0.25) is 0 Å². The molecular weight excluding hydrogens is 401 g/mol. The molecule has 0 aliphatic carbocycles. The summed E-state index contributed by atoms with van der Waals surface area (Å²) in [6, 6.07) is 6.06. The highest BCUT2D eigenvalue weighted by Gasteiger charge is 2.22. The van der Waals surface area contributed by atoms with E-state index in [4.69, 9.17) is 29.4 Å². The molecule has 0 fully saturated rings. The number of nitrogens with one attached hydrogen (secondary N) is 2. The number of benzene rings is 2. The van der Waals surface area contributed by atoms with E-state index in [0.717, 1.165) is 0 Å². The van der Waals surface area contributed by atoms with Gasteiger partial charge in [-0.05, 0) is 18.2 Å². The number of aryl methyl sites for hydroxylation is 1. The minimum Gasteiger partial charge on any atom is -0.394 e. The van der Waals surface area contributed by atoms with Gasteiger partial charge in [0.1, 0.15) is 26.1 Å². The number of aliphatic hydroxyl groups is 2. The number of aromatic nitrogens is 2. The molecule has 3 aromatic rings. The van der Waals surface area contributed by atoms with E-state index in [1.165, 1.54) is 18.5 Å². The van der Waals surface area contributed by atoms with Crippen molar-refractivity contribution in [1.82, 2.24) is 15.0 Å². The molecule has 2 radical (unpaired) electrons. The van der Waals surface area contributed by atoms with Gasteiger partial charge in [-0.2, -0.15) is 0 Å². The Balaban J connectivity index is 2.00. The fraction of sp³-hybridized carbons (Fsp3) is 0.222. The van der Waals surface area contributed by atoms with Crippen molar-refractivity contribution in [2.45, 2.75) is 6.10 Å². The van der Waals surface area contributed by atoms with Gasteiger partial charge < -0.3 is 20.1 Å². The number of aliphatic hydroxyl groups excluding tert-OH is 2. The lowest BCUT2D eigenvalue weighted by molar-refractivity contribution is -0.0295. The lowest BCUT2D eigenvalue weighted by Crippen LogP contribution is -2.30. The van der Waals surface area contributed by atoms with Gasteiger partial charge in [-0.15, -0.1) is 0 Å². The standard InChI is InChI=1S/C18H17BClFN4O4/c1-25-8-22-17-14(25)5-11(18(28)24-29-7-10(27)6-26)16(15(17)21)23-13-3-2-9(19)4-12(13)20/h2-5,8,10,23,26-27H,6-7H2,1H3,(H,24,28). The van der Waals surface area contributed by atoms with Crippen molar-refractivity contribution in [3.05, 3.63) is 47.0 Å². The van der Waals surface area contributed by atoms with Crippen LogP contribution in [0.1, 0.15) is 10.4 Å². The summed E-state index contributed by atoms with van der Waals surface area (Å²) in [6.07, 6.45) is 0.251. The third-order valence-electron chi connectivity index (χ3n) is 4.11. The third kappa shape index (κ3) is 4.51. The normalized spacial score (nSPS) is 12.2. The minimum atomic E-state index is -1.17. The zero-order chi connectivity index (χ0) is 21.1. The number of carbonyl (C=O) groups excluding carboxylic acids is 1. The number of amides is 1. The second-order valence-electron chi connectivity index (χ2n) is 6.28. The van der Waals surface area contributed by atoms with Crippen LogP contribution in [0.3, 0.4) is 0 Å². The van der Waals surface area contributed by atoms with Gasteiger partial charge in [-0.1, -0.05) is 23.1 Å². The van der Waals surface area contributed by atoms with E-state index >= 15 is 4.39 Å². The second-order valence-corrected chi connectivity index (χ2v) is 6.69. The van der Waals surface area contributed by atoms with E-state index in [-0.39, 0.29) is 28.4 Å². The molecule has 8 nitrogen and oxygen atoms in total. The Kier molecular flexibility index (Phi) is 6.38. The number of halogens is 2. The molecule has 2 aromatic carbocycles. The fourth-order valence-electron chi connectivity index (χ4n) is 2.60. The molecule has 1 amide bonds. The molecule has 1 atom stereocenters. The second kappa shape index (κ2) is 8.79. The average Bonchev–Trinajstić information content (AvgIpc) is 3.06. The summed E-state index contributed by atoms with van der Waals surface area (Å²) >= 11 is 6.16. The van der Waals surface area contributed by atoms with Crippen molar-refractivity contribution in [3.8, 4) is 0 Å². The first-order chi connectivity index (χ1) is 13.8. The average molecular weight is 419 g/mol. The molecule has 0 saturated heterocycles. The molecule has 3 rings (SSSR count). The summed E-state index contributed by atoms with van der Waals surface area (Å²) in [5.74, 6) is -1.53. The van der Waals surface area contributed by atoms with Crippen molar-refractivity contribution in [3.63, 3.8) is 0 Å². The number of fused-ring (bicyclic) bond motifs is 1. The fourth-order valence-corrected chi connectivity index (χ4v) is 2.84. The van der Waals surface area contributed by atoms with E-state index in [1.807, 2.05) is 0 Å². The summed E-state index contributed by atoms with van der Waals surface area (Å²) in [5.41, 5.74) is 3.09. The van der Waals surface area contributed by atoms with E-state index in [0.29, 0.717) is 16.7 Å². The lowest BCUT2D eigenvalue weighted by atomic mass is 9.96. The monoisotopic (exact) mass is 418 g/mol. The molecule has 0 saturated carbocycles. The molecule has 0 spiro atoms. The zero-order valence-electron chi connectivity index (χ0n) is 15.3. The molecule has 1 aromatic heterocycles. The van der Waals surface area contributed by atoms with Gasteiger partial charge in [0.05, 0.1) is 40.4 Å². The number of hydrogen-bond donors (Lipinski definition) is 4. The maximum Gasteiger partial charge on any atom is 0.277 e. The molecule has 1 heterocycles. The van der Waals surface area contributed by atoms with Crippen LogP contribution in [0.5, 0.6) is 0 Å². The Morgan fingerprint density at radius 3 is 2.90 bits per heavy atom. The molecule has 4 N–H and O–H groups in total. The van der Waals surface area contributed by atoms with E-state index in [9.17, 15) is 9.90 Å². The summed E-state index contributed by atoms with van der Waals surface area (Å²) in [4.78, 5) is 21.5. The summed E-state index contributed by atoms with van der Waals surface area (Å²) in [6.45, 7) is -0.876. The molecule has 0 bridgehead atoms. The maximum atomic E-state index is 15.2. The largest absolute Gasteiger partial charge is 0.394 e. The van der Waals surface area contributed by atoms with E-state index in [2.05, 4.69) is 15.8 Å². The highest BCUT2D eigenvalue weighted by Crippen LogP contribution is 2.32. The van der Waals surface area contributed by atoms with Crippen molar-refractivity contribution >= 4 is 53.2 Å². The molecular formula is C18H17BClFN4O4. The predicted molar refractivity (Wildman–Crippen MR) is 107 cm³/mol. The highest BCUT2D eigenvalue weighted by molar-refractivity contribution is 6.37.